The number of hydrogen-bond donors (Lipinski definition) is 3. The van der Waals surface area contributed by atoms with Crippen molar-refractivity contribution in [3.8, 4) is 0 Å². The molecule has 1 atom stereocenters. The molecule has 0 bridgehead atoms. The smallest absolute Gasteiger partial charge is 0.327 e. The minimum absolute atomic E-state index is 0.222. The van der Waals surface area contributed by atoms with Crippen LogP contribution in [-0.2, 0) is 6.54 Å². The maximum Gasteiger partial charge on any atom is 0.327 e. The van der Waals surface area contributed by atoms with Gasteiger partial charge in [0.1, 0.15) is 5.82 Å². The molecule has 4 rings (SSSR count). The Morgan fingerprint density at radius 2 is 2.15 bits per heavy atom. The van der Waals surface area contributed by atoms with Crippen LogP contribution in [0.3, 0.4) is 0 Å². The number of aromatic amines is 1. The van der Waals surface area contributed by atoms with E-state index in [1.54, 1.807) is 22.8 Å². The Kier molecular flexibility index (Phi) is 4.89. The number of imidazole rings is 1. The summed E-state index contributed by atoms with van der Waals surface area (Å²) < 4.78 is 1.58. The SMILES string of the molecule is O=c1[nH]c2ccc(NC[C@@H]3CCNC3)nc2n1Cc1cc(Cl)ccc1Cl. The van der Waals surface area contributed by atoms with Crippen molar-refractivity contribution >= 4 is 40.2 Å². The number of hydrogen-bond acceptors (Lipinski definition) is 4. The number of anilines is 1. The van der Waals surface area contributed by atoms with Crippen molar-refractivity contribution in [2.75, 3.05) is 25.0 Å². The topological polar surface area (TPSA) is 74.7 Å². The highest BCUT2D eigenvalue weighted by Crippen LogP contribution is 2.22. The van der Waals surface area contributed by atoms with Gasteiger partial charge in [0.25, 0.3) is 0 Å². The lowest BCUT2D eigenvalue weighted by molar-refractivity contribution is 0.614. The van der Waals surface area contributed by atoms with Crippen LogP contribution in [0.15, 0.2) is 35.1 Å². The Hall–Kier alpha value is -2.02. The lowest BCUT2D eigenvalue weighted by Gasteiger charge is -2.11. The number of halogens is 2. The Labute approximate surface area is 160 Å². The van der Waals surface area contributed by atoms with Crippen molar-refractivity contribution in [3.05, 3.63) is 56.4 Å². The average molecular weight is 392 g/mol. The zero-order valence-corrected chi connectivity index (χ0v) is 15.6. The van der Waals surface area contributed by atoms with E-state index < -0.39 is 0 Å². The molecule has 3 heterocycles. The number of nitrogens with zero attached hydrogens (tertiary/aromatic N) is 2. The molecule has 136 valence electrons. The van der Waals surface area contributed by atoms with E-state index in [1.807, 2.05) is 12.1 Å². The highest BCUT2D eigenvalue weighted by molar-refractivity contribution is 6.33. The van der Waals surface area contributed by atoms with E-state index in [4.69, 9.17) is 23.2 Å². The second-order valence-electron chi connectivity index (χ2n) is 6.56. The van der Waals surface area contributed by atoms with Crippen molar-refractivity contribution < 1.29 is 0 Å². The molecule has 1 aliphatic rings. The van der Waals surface area contributed by atoms with Crippen LogP contribution >= 0.6 is 23.2 Å². The molecule has 1 aliphatic heterocycles. The average Bonchev–Trinajstić information content (AvgIpc) is 3.24. The monoisotopic (exact) mass is 391 g/mol. The normalized spacial score (nSPS) is 17.1. The van der Waals surface area contributed by atoms with Crippen LogP contribution in [0.4, 0.5) is 5.82 Å². The Morgan fingerprint density at radius 3 is 2.96 bits per heavy atom. The molecule has 0 unspecified atom stereocenters. The first-order valence-electron chi connectivity index (χ1n) is 8.58. The summed E-state index contributed by atoms with van der Waals surface area (Å²) in [6.07, 6.45) is 1.16. The van der Waals surface area contributed by atoms with Crippen LogP contribution in [0.25, 0.3) is 11.2 Å². The number of nitrogens with one attached hydrogen (secondary N) is 3. The number of pyridine rings is 1. The fourth-order valence-electron chi connectivity index (χ4n) is 3.25. The fourth-order valence-corrected chi connectivity index (χ4v) is 3.62. The number of H-pyrrole nitrogens is 1. The summed E-state index contributed by atoms with van der Waals surface area (Å²) in [6, 6.07) is 8.98. The number of rotatable bonds is 5. The quantitative estimate of drug-likeness (QED) is 0.624. The molecule has 0 saturated carbocycles. The van der Waals surface area contributed by atoms with Gasteiger partial charge in [-0.2, -0.15) is 0 Å². The van der Waals surface area contributed by atoms with Gasteiger partial charge in [-0.05, 0) is 61.3 Å². The number of aromatic nitrogens is 3. The van der Waals surface area contributed by atoms with Crippen molar-refractivity contribution in [1.29, 1.82) is 0 Å². The summed E-state index contributed by atoms with van der Waals surface area (Å²) in [5.74, 6) is 1.36. The third-order valence-corrected chi connectivity index (χ3v) is 5.29. The summed E-state index contributed by atoms with van der Waals surface area (Å²) in [5.41, 5.74) is 1.85. The minimum atomic E-state index is -0.222. The van der Waals surface area contributed by atoms with Gasteiger partial charge < -0.3 is 15.6 Å². The zero-order valence-electron chi connectivity index (χ0n) is 14.1. The van der Waals surface area contributed by atoms with E-state index in [2.05, 4.69) is 20.6 Å². The first-order chi connectivity index (χ1) is 12.6. The molecule has 1 aromatic carbocycles. The molecule has 8 heteroatoms. The standard InChI is InChI=1S/C18H19Cl2N5O/c19-13-1-2-14(20)12(7-13)10-25-17-15(23-18(25)26)3-4-16(24-17)22-9-11-5-6-21-8-11/h1-4,7,11,21H,5-6,8-10H2,(H,22,24)(H,23,26)/t11-/m1/s1. The van der Waals surface area contributed by atoms with Gasteiger partial charge in [-0.15, -0.1) is 0 Å². The molecule has 0 amide bonds. The van der Waals surface area contributed by atoms with Crippen molar-refractivity contribution in [3.63, 3.8) is 0 Å². The summed E-state index contributed by atoms with van der Waals surface area (Å²) >= 11 is 12.3. The lowest BCUT2D eigenvalue weighted by atomic mass is 10.1. The van der Waals surface area contributed by atoms with Crippen LogP contribution in [0.5, 0.6) is 0 Å². The maximum absolute atomic E-state index is 12.4. The molecular formula is C18H19Cl2N5O. The molecule has 3 aromatic rings. The first-order valence-corrected chi connectivity index (χ1v) is 9.34. The lowest BCUT2D eigenvalue weighted by Crippen LogP contribution is -2.19. The fraction of sp³-hybridized carbons (Fsp3) is 0.333. The number of fused-ring (bicyclic) bond motifs is 1. The molecule has 6 nitrogen and oxygen atoms in total. The van der Waals surface area contributed by atoms with Crippen LogP contribution in [-0.4, -0.2) is 34.2 Å². The van der Waals surface area contributed by atoms with E-state index >= 15 is 0 Å². The Balaban J connectivity index is 1.63. The van der Waals surface area contributed by atoms with Gasteiger partial charge in [0.15, 0.2) is 5.65 Å². The molecule has 1 saturated heterocycles. The molecule has 0 radical (unpaired) electrons. The second-order valence-corrected chi connectivity index (χ2v) is 7.40. The molecule has 0 aliphatic carbocycles. The van der Waals surface area contributed by atoms with E-state index in [1.165, 1.54) is 0 Å². The van der Waals surface area contributed by atoms with Crippen LogP contribution in [0.2, 0.25) is 10.0 Å². The van der Waals surface area contributed by atoms with Gasteiger partial charge in [-0.25, -0.2) is 9.78 Å². The Morgan fingerprint density at radius 1 is 1.27 bits per heavy atom. The second kappa shape index (κ2) is 7.31. The molecule has 26 heavy (non-hydrogen) atoms. The van der Waals surface area contributed by atoms with Crippen LogP contribution < -0.4 is 16.3 Å². The summed E-state index contributed by atoms with van der Waals surface area (Å²) in [4.78, 5) is 19.8. The highest BCUT2D eigenvalue weighted by atomic mass is 35.5. The largest absolute Gasteiger partial charge is 0.370 e. The predicted molar refractivity (Wildman–Crippen MR) is 105 cm³/mol. The number of benzene rings is 1. The molecule has 3 N–H and O–H groups in total. The maximum atomic E-state index is 12.4. The van der Waals surface area contributed by atoms with Crippen molar-refractivity contribution in [2.45, 2.75) is 13.0 Å². The van der Waals surface area contributed by atoms with Gasteiger partial charge in [-0.1, -0.05) is 23.2 Å². The summed E-state index contributed by atoms with van der Waals surface area (Å²) in [7, 11) is 0. The van der Waals surface area contributed by atoms with Gasteiger partial charge in [0.2, 0.25) is 0 Å². The first kappa shape index (κ1) is 17.4. The van der Waals surface area contributed by atoms with Crippen LogP contribution in [0.1, 0.15) is 12.0 Å². The van der Waals surface area contributed by atoms with E-state index in [-0.39, 0.29) is 5.69 Å². The molecule has 2 aromatic heterocycles. The molecule has 0 spiro atoms. The molecule has 1 fully saturated rings. The van der Waals surface area contributed by atoms with Gasteiger partial charge in [0.05, 0.1) is 12.1 Å². The van der Waals surface area contributed by atoms with E-state index in [0.717, 1.165) is 37.4 Å². The van der Waals surface area contributed by atoms with Gasteiger partial charge in [0, 0.05) is 16.6 Å². The van der Waals surface area contributed by atoms with Gasteiger partial charge in [-0.3, -0.25) is 4.57 Å². The third-order valence-electron chi connectivity index (χ3n) is 4.69. The minimum Gasteiger partial charge on any atom is -0.370 e. The zero-order chi connectivity index (χ0) is 18.1. The van der Waals surface area contributed by atoms with Crippen molar-refractivity contribution in [2.24, 2.45) is 5.92 Å². The van der Waals surface area contributed by atoms with E-state index in [0.29, 0.717) is 33.7 Å². The third kappa shape index (κ3) is 3.58. The van der Waals surface area contributed by atoms with Crippen molar-refractivity contribution in [1.82, 2.24) is 19.9 Å². The Bertz CT molecular complexity index is 991. The molecular weight excluding hydrogens is 373 g/mol. The summed E-state index contributed by atoms with van der Waals surface area (Å²) in [5, 5.41) is 7.88. The van der Waals surface area contributed by atoms with Crippen LogP contribution in [0, 0.1) is 5.92 Å². The van der Waals surface area contributed by atoms with Gasteiger partial charge >= 0.3 is 5.69 Å². The highest BCUT2D eigenvalue weighted by Gasteiger charge is 2.15. The van der Waals surface area contributed by atoms with E-state index in [9.17, 15) is 4.79 Å². The predicted octanol–water partition coefficient (Wildman–Crippen LogP) is 3.10. The summed E-state index contributed by atoms with van der Waals surface area (Å²) in [6.45, 7) is 3.26.